The van der Waals surface area contributed by atoms with Crippen LogP contribution in [0.3, 0.4) is 0 Å². The van der Waals surface area contributed by atoms with Crippen molar-refractivity contribution < 1.29 is 14.1 Å². The number of anilines is 1. The van der Waals surface area contributed by atoms with Crippen LogP contribution in [0.2, 0.25) is 0 Å². The zero-order chi connectivity index (χ0) is 12.1. The first-order valence-corrected chi connectivity index (χ1v) is 5.18. The fourth-order valence-corrected chi connectivity index (χ4v) is 1.26. The van der Waals surface area contributed by atoms with Gasteiger partial charge in [-0.2, -0.15) is 0 Å². The standard InChI is InChI=1S/C12H12N2O3/c1-9(17-10-5-3-2-4-6-10)12(15)13-11-7-8-16-14-11/h2-9H,1H3,(H,13,14,15). The van der Waals surface area contributed by atoms with Crippen molar-refractivity contribution in [1.29, 1.82) is 0 Å². The second-order valence-electron chi connectivity index (χ2n) is 3.45. The number of hydrogen-bond acceptors (Lipinski definition) is 4. The summed E-state index contributed by atoms with van der Waals surface area (Å²) in [5.74, 6) is 0.747. The molecule has 1 unspecified atom stereocenters. The number of nitrogens with one attached hydrogen (secondary N) is 1. The number of hydrogen-bond donors (Lipinski definition) is 1. The van der Waals surface area contributed by atoms with Gasteiger partial charge >= 0.3 is 0 Å². The van der Waals surface area contributed by atoms with Crippen molar-refractivity contribution in [3.63, 3.8) is 0 Å². The van der Waals surface area contributed by atoms with E-state index in [2.05, 4.69) is 15.0 Å². The Labute approximate surface area is 98.4 Å². The van der Waals surface area contributed by atoms with Crippen LogP contribution < -0.4 is 10.1 Å². The van der Waals surface area contributed by atoms with Gasteiger partial charge in [-0.15, -0.1) is 0 Å². The van der Waals surface area contributed by atoms with E-state index in [4.69, 9.17) is 4.74 Å². The molecule has 1 aromatic heterocycles. The molecule has 17 heavy (non-hydrogen) atoms. The minimum absolute atomic E-state index is 0.275. The van der Waals surface area contributed by atoms with Crippen LogP contribution in [0.4, 0.5) is 5.82 Å². The van der Waals surface area contributed by atoms with Gasteiger partial charge in [0.25, 0.3) is 5.91 Å². The molecule has 0 saturated heterocycles. The maximum Gasteiger partial charge on any atom is 0.266 e. The Bertz CT molecular complexity index is 468. The summed E-state index contributed by atoms with van der Waals surface area (Å²) in [6.45, 7) is 1.67. The molecule has 2 aromatic rings. The molecule has 0 bridgehead atoms. The van der Waals surface area contributed by atoms with E-state index < -0.39 is 6.10 Å². The number of nitrogens with zero attached hydrogens (tertiary/aromatic N) is 1. The molecule has 0 saturated carbocycles. The zero-order valence-corrected chi connectivity index (χ0v) is 9.29. The van der Waals surface area contributed by atoms with E-state index in [0.29, 0.717) is 11.6 Å². The Kier molecular flexibility index (Phi) is 3.40. The largest absolute Gasteiger partial charge is 0.481 e. The summed E-state index contributed by atoms with van der Waals surface area (Å²) in [6, 6.07) is 10.7. The molecular formula is C12H12N2O3. The third-order valence-electron chi connectivity index (χ3n) is 2.11. The van der Waals surface area contributed by atoms with E-state index in [1.54, 1.807) is 25.1 Å². The number of benzene rings is 1. The van der Waals surface area contributed by atoms with Crippen molar-refractivity contribution in [3.8, 4) is 5.75 Å². The maximum atomic E-state index is 11.7. The first kappa shape index (κ1) is 11.2. The van der Waals surface area contributed by atoms with Gasteiger partial charge in [0.2, 0.25) is 0 Å². The van der Waals surface area contributed by atoms with Crippen LogP contribution in [-0.2, 0) is 4.79 Å². The highest BCUT2D eigenvalue weighted by Gasteiger charge is 2.15. The van der Waals surface area contributed by atoms with Crippen molar-refractivity contribution in [2.24, 2.45) is 0 Å². The Balaban J connectivity index is 1.92. The summed E-state index contributed by atoms with van der Waals surface area (Å²) >= 11 is 0. The van der Waals surface area contributed by atoms with Crippen LogP contribution >= 0.6 is 0 Å². The molecule has 0 fully saturated rings. The maximum absolute atomic E-state index is 11.7. The van der Waals surface area contributed by atoms with E-state index in [1.807, 2.05) is 18.2 Å². The normalized spacial score (nSPS) is 11.8. The highest BCUT2D eigenvalue weighted by atomic mass is 16.5. The van der Waals surface area contributed by atoms with Gasteiger partial charge in [0.1, 0.15) is 12.0 Å². The number of amides is 1. The summed E-state index contributed by atoms with van der Waals surface area (Å²) in [6.07, 6.45) is 0.785. The van der Waals surface area contributed by atoms with Gasteiger partial charge in [-0.3, -0.25) is 4.79 Å². The Hall–Kier alpha value is -2.30. The Morgan fingerprint density at radius 3 is 2.76 bits per heavy atom. The molecule has 88 valence electrons. The molecule has 2 rings (SSSR count). The smallest absolute Gasteiger partial charge is 0.266 e. The van der Waals surface area contributed by atoms with Gasteiger partial charge in [0, 0.05) is 6.07 Å². The SMILES string of the molecule is CC(Oc1ccccc1)C(=O)Nc1ccon1. The molecule has 1 heterocycles. The first-order chi connectivity index (χ1) is 8.25. The van der Waals surface area contributed by atoms with Crippen LogP contribution in [0.15, 0.2) is 47.2 Å². The zero-order valence-electron chi connectivity index (χ0n) is 9.29. The highest BCUT2D eigenvalue weighted by molar-refractivity contribution is 5.93. The molecule has 5 nitrogen and oxygen atoms in total. The van der Waals surface area contributed by atoms with Crippen LogP contribution in [0.25, 0.3) is 0 Å². The lowest BCUT2D eigenvalue weighted by Gasteiger charge is -2.13. The fraction of sp³-hybridized carbons (Fsp3) is 0.167. The number of carbonyl (C=O) groups excluding carboxylic acids is 1. The molecule has 1 aromatic carbocycles. The Morgan fingerprint density at radius 1 is 1.35 bits per heavy atom. The average molecular weight is 232 g/mol. The van der Waals surface area contributed by atoms with E-state index >= 15 is 0 Å². The predicted molar refractivity (Wildman–Crippen MR) is 61.7 cm³/mol. The van der Waals surface area contributed by atoms with Crippen LogP contribution in [-0.4, -0.2) is 17.2 Å². The van der Waals surface area contributed by atoms with E-state index in [-0.39, 0.29) is 5.91 Å². The molecule has 0 aliphatic carbocycles. The van der Waals surface area contributed by atoms with Crippen molar-refractivity contribution in [1.82, 2.24) is 5.16 Å². The molecular weight excluding hydrogens is 220 g/mol. The molecule has 0 spiro atoms. The lowest BCUT2D eigenvalue weighted by Crippen LogP contribution is -2.30. The Morgan fingerprint density at radius 2 is 2.12 bits per heavy atom. The van der Waals surface area contributed by atoms with Gasteiger partial charge in [-0.1, -0.05) is 23.4 Å². The third kappa shape index (κ3) is 3.07. The fourth-order valence-electron chi connectivity index (χ4n) is 1.26. The minimum Gasteiger partial charge on any atom is -0.481 e. The number of carbonyl (C=O) groups is 1. The van der Waals surface area contributed by atoms with E-state index in [1.165, 1.54) is 6.26 Å². The van der Waals surface area contributed by atoms with Gasteiger partial charge in [0.15, 0.2) is 11.9 Å². The third-order valence-corrected chi connectivity index (χ3v) is 2.11. The van der Waals surface area contributed by atoms with Crippen LogP contribution in [0, 0.1) is 0 Å². The van der Waals surface area contributed by atoms with Crippen molar-refractivity contribution in [2.45, 2.75) is 13.0 Å². The first-order valence-electron chi connectivity index (χ1n) is 5.18. The topological polar surface area (TPSA) is 64.4 Å². The number of rotatable bonds is 4. The molecule has 1 N–H and O–H groups in total. The molecule has 1 atom stereocenters. The monoisotopic (exact) mass is 232 g/mol. The van der Waals surface area contributed by atoms with Gasteiger partial charge < -0.3 is 14.6 Å². The summed E-state index contributed by atoms with van der Waals surface area (Å²) in [4.78, 5) is 11.7. The van der Waals surface area contributed by atoms with Crippen molar-refractivity contribution in [3.05, 3.63) is 42.7 Å². The molecule has 5 heteroatoms. The quantitative estimate of drug-likeness (QED) is 0.876. The highest BCUT2D eigenvalue weighted by Crippen LogP contribution is 2.11. The number of para-hydroxylation sites is 1. The van der Waals surface area contributed by atoms with Crippen LogP contribution in [0.5, 0.6) is 5.75 Å². The van der Waals surface area contributed by atoms with Crippen LogP contribution in [0.1, 0.15) is 6.92 Å². The summed E-state index contributed by atoms with van der Waals surface area (Å²) < 4.78 is 10.1. The van der Waals surface area contributed by atoms with E-state index in [0.717, 1.165) is 0 Å². The average Bonchev–Trinajstić information content (AvgIpc) is 2.83. The second kappa shape index (κ2) is 5.16. The molecule has 1 amide bonds. The van der Waals surface area contributed by atoms with Crippen molar-refractivity contribution >= 4 is 11.7 Å². The van der Waals surface area contributed by atoms with Crippen molar-refractivity contribution in [2.75, 3.05) is 5.32 Å². The molecule has 0 aliphatic heterocycles. The molecule has 0 radical (unpaired) electrons. The van der Waals surface area contributed by atoms with Gasteiger partial charge in [-0.05, 0) is 19.1 Å². The number of ether oxygens (including phenoxy) is 1. The predicted octanol–water partition coefficient (Wildman–Crippen LogP) is 2.08. The summed E-state index contributed by atoms with van der Waals surface area (Å²) in [5.41, 5.74) is 0. The summed E-state index contributed by atoms with van der Waals surface area (Å²) in [5, 5.41) is 6.16. The van der Waals surface area contributed by atoms with Gasteiger partial charge in [0.05, 0.1) is 0 Å². The lowest BCUT2D eigenvalue weighted by atomic mass is 10.3. The second-order valence-corrected chi connectivity index (χ2v) is 3.45. The lowest BCUT2D eigenvalue weighted by molar-refractivity contribution is -0.122. The molecule has 0 aliphatic rings. The summed E-state index contributed by atoms with van der Waals surface area (Å²) in [7, 11) is 0. The van der Waals surface area contributed by atoms with E-state index in [9.17, 15) is 4.79 Å². The van der Waals surface area contributed by atoms with Gasteiger partial charge in [-0.25, -0.2) is 0 Å². The number of aromatic nitrogens is 1. The minimum atomic E-state index is -0.603.